The van der Waals surface area contributed by atoms with E-state index >= 15 is 0 Å². The van der Waals surface area contributed by atoms with Crippen molar-refractivity contribution in [1.82, 2.24) is 19.6 Å². The summed E-state index contributed by atoms with van der Waals surface area (Å²) in [5.41, 5.74) is 4.29. The standard InChI is InChI=1S/C25H26FN5O2/c1-15-9-10-19(11-21(15)26)27-25(33)29-12-18(13-29)14-30-17(3)22-16(2)28-31(23(22)24(30)32)20-7-5-4-6-8-20/h4-11,17-18H,12-14H2,1-3H3,(H,27,33). The highest BCUT2D eigenvalue weighted by molar-refractivity contribution is 5.98. The molecule has 1 unspecified atom stereocenters. The van der Waals surface area contributed by atoms with Crippen LogP contribution >= 0.6 is 0 Å². The lowest BCUT2D eigenvalue weighted by Crippen LogP contribution is -2.55. The third-order valence-electron chi connectivity index (χ3n) is 6.58. The van der Waals surface area contributed by atoms with Crippen LogP contribution < -0.4 is 5.32 Å². The summed E-state index contributed by atoms with van der Waals surface area (Å²) >= 11 is 0. The van der Waals surface area contributed by atoms with Crippen molar-refractivity contribution in [3.8, 4) is 5.69 Å². The third kappa shape index (κ3) is 3.65. The van der Waals surface area contributed by atoms with Gasteiger partial charge in [0.2, 0.25) is 0 Å². The van der Waals surface area contributed by atoms with Crippen LogP contribution in [0.4, 0.5) is 14.9 Å². The Labute approximate surface area is 191 Å². The Hall–Kier alpha value is -3.68. The Kier molecular flexibility index (Phi) is 5.15. The molecule has 3 amide bonds. The number of nitrogens with one attached hydrogen (secondary N) is 1. The number of anilines is 1. The average molecular weight is 448 g/mol. The van der Waals surface area contributed by atoms with Crippen LogP contribution in [0.25, 0.3) is 5.69 Å². The van der Waals surface area contributed by atoms with Gasteiger partial charge in [0, 0.05) is 36.8 Å². The average Bonchev–Trinajstić information content (AvgIpc) is 3.23. The minimum Gasteiger partial charge on any atom is -0.330 e. The second kappa shape index (κ2) is 8.03. The largest absolute Gasteiger partial charge is 0.330 e. The van der Waals surface area contributed by atoms with Gasteiger partial charge in [0.25, 0.3) is 5.91 Å². The second-order valence-corrected chi connectivity index (χ2v) is 8.89. The molecule has 1 fully saturated rings. The highest BCUT2D eigenvalue weighted by Gasteiger charge is 2.42. The predicted molar refractivity (Wildman–Crippen MR) is 123 cm³/mol. The zero-order valence-corrected chi connectivity index (χ0v) is 18.9. The van der Waals surface area contributed by atoms with Crippen molar-refractivity contribution < 1.29 is 14.0 Å². The Morgan fingerprint density at radius 2 is 1.88 bits per heavy atom. The summed E-state index contributed by atoms with van der Waals surface area (Å²) in [5.74, 6) is -0.181. The van der Waals surface area contributed by atoms with Crippen molar-refractivity contribution in [2.24, 2.45) is 5.92 Å². The summed E-state index contributed by atoms with van der Waals surface area (Å²) in [6.07, 6.45) is 0. The predicted octanol–water partition coefficient (Wildman–Crippen LogP) is 4.31. The van der Waals surface area contributed by atoms with Gasteiger partial charge >= 0.3 is 6.03 Å². The number of likely N-dealkylation sites (tertiary alicyclic amines) is 1. The molecule has 2 aliphatic rings. The maximum absolute atomic E-state index is 13.7. The van der Waals surface area contributed by atoms with Gasteiger partial charge in [0.15, 0.2) is 0 Å². The Bertz CT molecular complexity index is 1230. The van der Waals surface area contributed by atoms with Crippen molar-refractivity contribution >= 4 is 17.6 Å². The number of benzene rings is 2. The third-order valence-corrected chi connectivity index (χ3v) is 6.58. The van der Waals surface area contributed by atoms with E-state index in [1.165, 1.54) is 6.07 Å². The maximum Gasteiger partial charge on any atom is 0.321 e. The highest BCUT2D eigenvalue weighted by Crippen LogP contribution is 2.38. The molecule has 2 aliphatic heterocycles. The lowest BCUT2D eigenvalue weighted by Gasteiger charge is -2.41. The molecule has 0 spiro atoms. The van der Waals surface area contributed by atoms with Crippen molar-refractivity contribution in [1.29, 1.82) is 0 Å². The molecule has 170 valence electrons. The Morgan fingerprint density at radius 1 is 1.15 bits per heavy atom. The van der Waals surface area contributed by atoms with Crippen molar-refractivity contribution in [2.45, 2.75) is 26.8 Å². The quantitative estimate of drug-likeness (QED) is 0.648. The Balaban J connectivity index is 1.23. The minimum atomic E-state index is -0.347. The van der Waals surface area contributed by atoms with Gasteiger partial charge in [-0.1, -0.05) is 24.3 Å². The number of carbonyl (C=O) groups is 2. The number of aryl methyl sites for hydroxylation is 2. The number of aromatic nitrogens is 2. The summed E-state index contributed by atoms with van der Waals surface area (Å²) in [4.78, 5) is 29.4. The molecule has 0 aliphatic carbocycles. The lowest BCUT2D eigenvalue weighted by atomic mass is 9.99. The molecule has 33 heavy (non-hydrogen) atoms. The normalized spacial score (nSPS) is 17.8. The number of nitrogens with zero attached hydrogens (tertiary/aromatic N) is 4. The van der Waals surface area contributed by atoms with E-state index in [-0.39, 0.29) is 29.7 Å². The number of fused-ring (bicyclic) bond motifs is 1. The van der Waals surface area contributed by atoms with E-state index in [1.54, 1.807) is 28.6 Å². The zero-order valence-electron chi connectivity index (χ0n) is 18.9. The number of hydrogen-bond donors (Lipinski definition) is 1. The van der Waals surface area contributed by atoms with Crippen molar-refractivity contribution in [3.63, 3.8) is 0 Å². The smallest absolute Gasteiger partial charge is 0.321 e. The topological polar surface area (TPSA) is 70.5 Å². The van der Waals surface area contributed by atoms with Crippen LogP contribution in [0.3, 0.4) is 0 Å². The first-order chi connectivity index (χ1) is 15.8. The number of halogens is 1. The summed E-state index contributed by atoms with van der Waals surface area (Å²) in [6.45, 7) is 7.33. The Morgan fingerprint density at radius 3 is 2.58 bits per heavy atom. The first-order valence-electron chi connectivity index (χ1n) is 11.1. The molecule has 7 nitrogen and oxygen atoms in total. The van der Waals surface area contributed by atoms with Gasteiger partial charge < -0.3 is 15.1 Å². The van der Waals surface area contributed by atoms with Gasteiger partial charge in [-0.2, -0.15) is 5.10 Å². The summed E-state index contributed by atoms with van der Waals surface area (Å²) in [6, 6.07) is 14.0. The second-order valence-electron chi connectivity index (χ2n) is 8.89. The van der Waals surface area contributed by atoms with E-state index in [1.807, 2.05) is 49.1 Å². The van der Waals surface area contributed by atoms with Crippen LogP contribution in [0, 0.1) is 25.6 Å². The fraction of sp³-hybridized carbons (Fsp3) is 0.320. The highest BCUT2D eigenvalue weighted by atomic mass is 19.1. The zero-order chi connectivity index (χ0) is 23.3. The van der Waals surface area contributed by atoms with Gasteiger partial charge in [-0.05, 0) is 50.6 Å². The van der Waals surface area contributed by atoms with Crippen LogP contribution in [0.5, 0.6) is 0 Å². The number of urea groups is 1. The van der Waals surface area contributed by atoms with E-state index in [9.17, 15) is 14.0 Å². The molecule has 2 aromatic carbocycles. The minimum absolute atomic E-state index is 0.0278. The van der Waals surface area contributed by atoms with Crippen LogP contribution in [-0.4, -0.2) is 51.2 Å². The monoisotopic (exact) mass is 447 g/mol. The number of amides is 3. The van der Waals surface area contributed by atoms with Gasteiger partial charge in [-0.25, -0.2) is 13.9 Å². The van der Waals surface area contributed by atoms with Crippen LogP contribution in [0.15, 0.2) is 48.5 Å². The SMILES string of the molecule is Cc1ccc(NC(=O)N2CC(CN3C(=O)c4c(c(C)nn4-c4ccccc4)C3C)C2)cc1F. The molecule has 5 rings (SSSR count). The van der Waals surface area contributed by atoms with Gasteiger partial charge in [-0.3, -0.25) is 4.79 Å². The molecule has 0 radical (unpaired) electrons. The molecule has 3 heterocycles. The number of carbonyl (C=O) groups excluding carboxylic acids is 2. The number of para-hydroxylation sites is 1. The fourth-order valence-corrected chi connectivity index (χ4v) is 4.71. The fourth-order valence-electron chi connectivity index (χ4n) is 4.71. The van der Waals surface area contributed by atoms with Crippen LogP contribution in [0.2, 0.25) is 0 Å². The molecule has 0 bridgehead atoms. The molecule has 0 saturated carbocycles. The summed E-state index contributed by atoms with van der Waals surface area (Å²) in [7, 11) is 0. The molecular formula is C25H26FN5O2. The van der Waals surface area contributed by atoms with Gasteiger partial charge in [0.05, 0.1) is 17.4 Å². The maximum atomic E-state index is 13.7. The molecule has 8 heteroatoms. The van der Waals surface area contributed by atoms with E-state index in [0.717, 1.165) is 16.9 Å². The van der Waals surface area contributed by atoms with E-state index in [4.69, 9.17) is 0 Å². The van der Waals surface area contributed by atoms with Crippen molar-refractivity contribution in [3.05, 3.63) is 76.9 Å². The van der Waals surface area contributed by atoms with Gasteiger partial charge in [0.1, 0.15) is 11.5 Å². The first-order valence-corrected chi connectivity index (χ1v) is 11.1. The van der Waals surface area contributed by atoms with E-state index in [2.05, 4.69) is 10.4 Å². The first kappa shape index (κ1) is 21.2. The van der Waals surface area contributed by atoms with Crippen LogP contribution in [0.1, 0.15) is 40.3 Å². The van der Waals surface area contributed by atoms with Crippen LogP contribution in [-0.2, 0) is 0 Å². The van der Waals surface area contributed by atoms with E-state index < -0.39 is 0 Å². The molecular weight excluding hydrogens is 421 g/mol. The molecule has 1 saturated heterocycles. The lowest BCUT2D eigenvalue weighted by molar-refractivity contribution is 0.0568. The van der Waals surface area contributed by atoms with Gasteiger partial charge in [-0.15, -0.1) is 0 Å². The number of rotatable bonds is 4. The summed E-state index contributed by atoms with van der Waals surface area (Å²) in [5, 5.41) is 7.36. The van der Waals surface area contributed by atoms with Crippen molar-refractivity contribution in [2.75, 3.05) is 25.0 Å². The van der Waals surface area contributed by atoms with E-state index in [0.29, 0.717) is 36.6 Å². The molecule has 1 N–H and O–H groups in total. The number of hydrogen-bond acceptors (Lipinski definition) is 3. The summed E-state index contributed by atoms with van der Waals surface area (Å²) < 4.78 is 15.5. The molecule has 1 aromatic heterocycles. The molecule has 1 atom stereocenters. The molecule has 3 aromatic rings.